The van der Waals surface area contributed by atoms with Gasteiger partial charge in [0.15, 0.2) is 0 Å². The van der Waals surface area contributed by atoms with Crippen LogP contribution in [0.3, 0.4) is 0 Å². The molecule has 9 heteroatoms. The molecule has 0 radical (unpaired) electrons. The van der Waals surface area contributed by atoms with E-state index in [9.17, 15) is 19.2 Å². The van der Waals surface area contributed by atoms with Crippen LogP contribution in [-0.2, 0) is 38.1 Å². The fourth-order valence-corrected chi connectivity index (χ4v) is 2.55. The summed E-state index contributed by atoms with van der Waals surface area (Å²) in [4.78, 5) is 49.1. The van der Waals surface area contributed by atoms with Gasteiger partial charge >= 0.3 is 23.9 Å². The molecule has 1 rings (SSSR count). The Hall–Kier alpha value is -2.84. The van der Waals surface area contributed by atoms with Crippen LogP contribution in [0.1, 0.15) is 41.0 Å². The normalized spacial score (nSPS) is 16.5. The smallest absolute Gasteiger partial charge is 0.337 e. The summed E-state index contributed by atoms with van der Waals surface area (Å²) in [5, 5.41) is 2.89. The first-order chi connectivity index (χ1) is 13.1. The number of allylic oxidation sites excluding steroid dienone is 2. The Morgan fingerprint density at radius 3 is 2.04 bits per heavy atom. The maximum absolute atomic E-state index is 12.7. The molecule has 0 aliphatic carbocycles. The van der Waals surface area contributed by atoms with Gasteiger partial charge in [-0.2, -0.15) is 0 Å². The van der Waals surface area contributed by atoms with Gasteiger partial charge in [0.2, 0.25) is 6.79 Å². The van der Waals surface area contributed by atoms with E-state index in [0.717, 1.165) is 7.11 Å². The molecule has 0 amide bonds. The van der Waals surface area contributed by atoms with Crippen molar-refractivity contribution in [2.75, 3.05) is 20.5 Å². The minimum absolute atomic E-state index is 0.0559. The van der Waals surface area contributed by atoms with E-state index in [2.05, 4.69) is 5.32 Å². The third kappa shape index (κ3) is 5.58. The Bertz CT molecular complexity index is 705. The minimum atomic E-state index is -1.36. The number of rotatable bonds is 8. The first-order valence-corrected chi connectivity index (χ1v) is 8.92. The number of methoxy groups -OCH3 is 1. The third-order valence-electron chi connectivity index (χ3n) is 3.93. The van der Waals surface area contributed by atoms with E-state index in [4.69, 9.17) is 18.9 Å². The minimum Gasteiger partial charge on any atom is -0.466 e. The largest absolute Gasteiger partial charge is 0.466 e. The Balaban J connectivity index is 3.18. The van der Waals surface area contributed by atoms with Crippen LogP contribution >= 0.6 is 0 Å². The SMILES string of the molecule is CCCOC(=O)C1=C(C)NC(C)=C(C(=O)OC)C1C(=O)OCOC(=O)C(C)C. The van der Waals surface area contributed by atoms with Crippen molar-refractivity contribution in [3.05, 3.63) is 22.5 Å². The third-order valence-corrected chi connectivity index (χ3v) is 3.93. The van der Waals surface area contributed by atoms with Crippen LogP contribution < -0.4 is 5.32 Å². The Morgan fingerprint density at radius 2 is 1.54 bits per heavy atom. The van der Waals surface area contributed by atoms with E-state index in [1.807, 2.05) is 6.92 Å². The van der Waals surface area contributed by atoms with Crippen LogP contribution in [0, 0.1) is 11.8 Å². The topological polar surface area (TPSA) is 117 Å². The van der Waals surface area contributed by atoms with Crippen molar-refractivity contribution in [3.63, 3.8) is 0 Å². The number of carbonyl (C=O) groups excluding carboxylic acids is 4. The highest BCUT2D eigenvalue weighted by molar-refractivity contribution is 6.05. The van der Waals surface area contributed by atoms with Gasteiger partial charge in [-0.05, 0) is 20.3 Å². The zero-order chi connectivity index (χ0) is 21.4. The summed E-state index contributed by atoms with van der Waals surface area (Å²) in [7, 11) is 1.16. The van der Waals surface area contributed by atoms with Gasteiger partial charge in [0.25, 0.3) is 0 Å². The van der Waals surface area contributed by atoms with Crippen LogP contribution in [0.15, 0.2) is 22.5 Å². The summed E-state index contributed by atoms with van der Waals surface area (Å²) in [6.07, 6.45) is 0.588. The Morgan fingerprint density at radius 1 is 0.964 bits per heavy atom. The van der Waals surface area contributed by atoms with Crippen molar-refractivity contribution in [2.45, 2.75) is 41.0 Å². The lowest BCUT2D eigenvalue weighted by atomic mass is 9.85. The van der Waals surface area contributed by atoms with Gasteiger partial charge in [0, 0.05) is 11.4 Å². The van der Waals surface area contributed by atoms with Gasteiger partial charge in [-0.1, -0.05) is 20.8 Å². The van der Waals surface area contributed by atoms with Crippen LogP contribution in [0.4, 0.5) is 0 Å². The molecular formula is C19H27NO8. The molecule has 0 aromatic heterocycles. The predicted molar refractivity (Wildman–Crippen MR) is 97.2 cm³/mol. The molecule has 156 valence electrons. The first kappa shape index (κ1) is 23.2. The summed E-state index contributed by atoms with van der Waals surface area (Å²) in [5.74, 6) is -4.78. The number of hydrogen-bond donors (Lipinski definition) is 1. The zero-order valence-electron chi connectivity index (χ0n) is 17.0. The number of ether oxygens (including phenoxy) is 4. The summed E-state index contributed by atoms with van der Waals surface area (Å²) in [6, 6.07) is 0. The quantitative estimate of drug-likeness (QED) is 0.370. The highest BCUT2D eigenvalue weighted by atomic mass is 16.7. The van der Waals surface area contributed by atoms with Gasteiger partial charge in [0.1, 0.15) is 5.92 Å². The maximum Gasteiger partial charge on any atom is 0.337 e. The van der Waals surface area contributed by atoms with Crippen molar-refractivity contribution < 1.29 is 38.1 Å². The molecule has 9 nitrogen and oxygen atoms in total. The molecule has 0 aromatic carbocycles. The van der Waals surface area contributed by atoms with Gasteiger partial charge in [0.05, 0.1) is 30.8 Å². The molecular weight excluding hydrogens is 370 g/mol. The summed E-state index contributed by atoms with van der Waals surface area (Å²) in [6.45, 7) is 7.76. The second kappa shape index (κ2) is 10.5. The van der Waals surface area contributed by atoms with E-state index < -0.39 is 42.5 Å². The van der Waals surface area contributed by atoms with Crippen molar-refractivity contribution >= 4 is 23.9 Å². The maximum atomic E-state index is 12.7. The van der Waals surface area contributed by atoms with E-state index in [-0.39, 0.29) is 17.8 Å². The molecule has 1 N–H and O–H groups in total. The molecule has 0 aromatic rings. The lowest BCUT2D eigenvalue weighted by Gasteiger charge is -2.28. The highest BCUT2D eigenvalue weighted by Crippen LogP contribution is 2.32. The molecule has 1 aliphatic heterocycles. The van der Waals surface area contributed by atoms with E-state index in [0.29, 0.717) is 17.8 Å². The van der Waals surface area contributed by atoms with Crippen LogP contribution in [0.2, 0.25) is 0 Å². The molecule has 0 spiro atoms. The van der Waals surface area contributed by atoms with Crippen LogP contribution in [0.5, 0.6) is 0 Å². The van der Waals surface area contributed by atoms with Crippen LogP contribution in [0.25, 0.3) is 0 Å². The molecule has 0 fully saturated rings. The predicted octanol–water partition coefficient (Wildman–Crippen LogP) is 1.58. The number of dihydropyridines is 1. The number of nitrogens with one attached hydrogen (secondary N) is 1. The van der Waals surface area contributed by atoms with E-state index in [1.54, 1.807) is 27.7 Å². The van der Waals surface area contributed by atoms with Crippen molar-refractivity contribution in [3.8, 4) is 0 Å². The van der Waals surface area contributed by atoms with Gasteiger partial charge in [-0.15, -0.1) is 0 Å². The molecule has 0 bridgehead atoms. The molecule has 1 aliphatic rings. The molecule has 1 unspecified atom stereocenters. The second-order valence-electron chi connectivity index (χ2n) is 6.46. The standard InChI is InChI=1S/C19H27NO8/c1-7-8-26-18(23)14-12(5)20-11(4)13(17(22)25-6)15(14)19(24)28-9-27-16(21)10(2)3/h10,15,20H,7-9H2,1-6H3. The molecule has 0 saturated carbocycles. The average Bonchev–Trinajstić information content (AvgIpc) is 2.64. The van der Waals surface area contributed by atoms with Gasteiger partial charge in [-0.25, -0.2) is 9.59 Å². The van der Waals surface area contributed by atoms with Crippen molar-refractivity contribution in [1.29, 1.82) is 0 Å². The summed E-state index contributed by atoms with van der Waals surface area (Å²) >= 11 is 0. The number of hydrogen-bond acceptors (Lipinski definition) is 9. The fraction of sp³-hybridized carbons (Fsp3) is 0.579. The number of esters is 4. The average molecular weight is 397 g/mol. The van der Waals surface area contributed by atoms with Gasteiger partial charge < -0.3 is 24.3 Å². The molecule has 1 heterocycles. The summed E-state index contributed by atoms with van der Waals surface area (Å²) in [5.41, 5.74) is 0.571. The molecule has 28 heavy (non-hydrogen) atoms. The zero-order valence-corrected chi connectivity index (χ0v) is 17.0. The van der Waals surface area contributed by atoms with Crippen molar-refractivity contribution in [2.24, 2.45) is 11.8 Å². The van der Waals surface area contributed by atoms with E-state index in [1.165, 1.54) is 0 Å². The van der Waals surface area contributed by atoms with Gasteiger partial charge in [-0.3, -0.25) is 9.59 Å². The van der Waals surface area contributed by atoms with E-state index >= 15 is 0 Å². The second-order valence-corrected chi connectivity index (χ2v) is 6.46. The fourth-order valence-electron chi connectivity index (χ4n) is 2.55. The monoisotopic (exact) mass is 397 g/mol. The summed E-state index contributed by atoms with van der Waals surface area (Å²) < 4.78 is 19.8. The highest BCUT2D eigenvalue weighted by Gasteiger charge is 2.42. The lowest BCUT2D eigenvalue weighted by molar-refractivity contribution is -0.172. The Kier molecular flexibility index (Phi) is 8.69. The Labute approximate surface area is 164 Å². The molecule has 1 atom stereocenters. The lowest BCUT2D eigenvalue weighted by Crippen LogP contribution is -2.38. The van der Waals surface area contributed by atoms with Crippen molar-refractivity contribution in [1.82, 2.24) is 5.32 Å². The first-order valence-electron chi connectivity index (χ1n) is 8.92. The van der Waals surface area contributed by atoms with Crippen LogP contribution in [-0.4, -0.2) is 44.4 Å². The molecule has 0 saturated heterocycles. The number of carbonyl (C=O) groups is 4.